The number of pyridine rings is 1. The third kappa shape index (κ3) is 4.24. The maximum absolute atomic E-state index is 4.57. The summed E-state index contributed by atoms with van der Waals surface area (Å²) >= 11 is 0. The van der Waals surface area contributed by atoms with Crippen molar-refractivity contribution < 1.29 is 0 Å². The lowest BCUT2D eigenvalue weighted by Crippen LogP contribution is -1.93. The fourth-order valence-corrected chi connectivity index (χ4v) is 2.75. The minimum absolute atomic E-state index is 0.717. The van der Waals surface area contributed by atoms with E-state index in [2.05, 4.69) is 85.3 Å². The van der Waals surface area contributed by atoms with Crippen LogP contribution in [0.5, 0.6) is 0 Å². The standard InChI is InChI=1S/C23H23N/c1-18(2)7-3-4-8-19-11-13-20(14-12-19)17-23-22-10-6-5-9-21(22)15-16-24-23/h5-6,9-16,18H,3,7,17H2,1-2H3. The molecule has 1 heteroatoms. The first-order valence-corrected chi connectivity index (χ1v) is 8.63. The average molecular weight is 313 g/mol. The first kappa shape index (κ1) is 16.3. The maximum Gasteiger partial charge on any atom is 0.0525 e. The van der Waals surface area contributed by atoms with E-state index in [4.69, 9.17) is 0 Å². The molecule has 0 radical (unpaired) electrons. The molecule has 0 bridgehead atoms. The van der Waals surface area contributed by atoms with Crippen LogP contribution in [0.4, 0.5) is 0 Å². The van der Waals surface area contributed by atoms with Gasteiger partial charge in [0.25, 0.3) is 0 Å². The molecule has 0 N–H and O–H groups in total. The van der Waals surface area contributed by atoms with Crippen LogP contribution < -0.4 is 0 Å². The molecule has 24 heavy (non-hydrogen) atoms. The van der Waals surface area contributed by atoms with Crippen molar-refractivity contribution in [2.24, 2.45) is 5.92 Å². The lowest BCUT2D eigenvalue weighted by atomic mass is 10.0. The number of benzene rings is 2. The highest BCUT2D eigenvalue weighted by atomic mass is 14.7. The molecule has 0 saturated heterocycles. The van der Waals surface area contributed by atoms with Gasteiger partial charge in [-0.3, -0.25) is 4.98 Å². The van der Waals surface area contributed by atoms with Crippen LogP contribution in [0.25, 0.3) is 10.8 Å². The Bertz CT molecular complexity index is 858. The van der Waals surface area contributed by atoms with Crippen LogP contribution in [0.1, 0.15) is 43.5 Å². The molecule has 0 aliphatic carbocycles. The van der Waals surface area contributed by atoms with Gasteiger partial charge in [-0.15, -0.1) is 0 Å². The Balaban J connectivity index is 1.72. The van der Waals surface area contributed by atoms with Crippen molar-refractivity contribution in [2.45, 2.75) is 33.1 Å². The highest BCUT2D eigenvalue weighted by Gasteiger charge is 2.03. The Hall–Kier alpha value is -2.59. The second-order valence-corrected chi connectivity index (χ2v) is 6.59. The van der Waals surface area contributed by atoms with Crippen molar-refractivity contribution in [1.82, 2.24) is 4.98 Å². The largest absolute Gasteiger partial charge is 0.260 e. The van der Waals surface area contributed by atoms with Crippen LogP contribution in [0, 0.1) is 17.8 Å². The molecule has 0 aliphatic rings. The minimum Gasteiger partial charge on any atom is -0.260 e. The van der Waals surface area contributed by atoms with Gasteiger partial charge in [0.1, 0.15) is 0 Å². The van der Waals surface area contributed by atoms with Crippen molar-refractivity contribution in [3.8, 4) is 11.8 Å². The predicted octanol–water partition coefficient (Wildman–Crippen LogP) is 5.61. The first-order chi connectivity index (χ1) is 11.7. The van der Waals surface area contributed by atoms with Crippen molar-refractivity contribution in [2.75, 3.05) is 0 Å². The van der Waals surface area contributed by atoms with Gasteiger partial charge in [0.05, 0.1) is 5.69 Å². The van der Waals surface area contributed by atoms with Crippen LogP contribution >= 0.6 is 0 Å². The van der Waals surface area contributed by atoms with Gasteiger partial charge in [-0.2, -0.15) is 0 Å². The number of rotatable bonds is 4. The Morgan fingerprint density at radius 1 is 0.958 bits per heavy atom. The molecule has 2 aromatic carbocycles. The number of aromatic nitrogens is 1. The Kier molecular flexibility index (Phi) is 5.29. The molecule has 1 nitrogen and oxygen atoms in total. The molecule has 3 aromatic rings. The summed E-state index contributed by atoms with van der Waals surface area (Å²) in [5.41, 5.74) is 3.49. The van der Waals surface area contributed by atoms with Gasteiger partial charge < -0.3 is 0 Å². The minimum atomic E-state index is 0.717. The third-order valence-electron chi connectivity index (χ3n) is 4.16. The Morgan fingerprint density at radius 2 is 1.75 bits per heavy atom. The first-order valence-electron chi connectivity index (χ1n) is 8.63. The number of hydrogen-bond donors (Lipinski definition) is 0. The van der Waals surface area contributed by atoms with E-state index >= 15 is 0 Å². The van der Waals surface area contributed by atoms with E-state index in [0.29, 0.717) is 0 Å². The smallest absolute Gasteiger partial charge is 0.0525 e. The zero-order valence-electron chi connectivity index (χ0n) is 14.4. The summed E-state index contributed by atoms with van der Waals surface area (Å²) in [6.45, 7) is 4.47. The Morgan fingerprint density at radius 3 is 2.54 bits per heavy atom. The van der Waals surface area contributed by atoms with E-state index in [0.717, 1.165) is 36.4 Å². The van der Waals surface area contributed by atoms with Gasteiger partial charge in [0.2, 0.25) is 0 Å². The van der Waals surface area contributed by atoms with E-state index in [1.165, 1.54) is 16.3 Å². The van der Waals surface area contributed by atoms with E-state index in [1.807, 2.05) is 6.20 Å². The molecule has 0 fully saturated rings. The molecule has 0 aliphatic heterocycles. The summed E-state index contributed by atoms with van der Waals surface area (Å²) in [6.07, 6.45) is 4.88. The number of nitrogens with zero attached hydrogens (tertiary/aromatic N) is 1. The zero-order chi connectivity index (χ0) is 16.8. The van der Waals surface area contributed by atoms with Crippen molar-refractivity contribution >= 4 is 10.8 Å². The normalized spacial score (nSPS) is 10.6. The zero-order valence-corrected chi connectivity index (χ0v) is 14.4. The lowest BCUT2D eigenvalue weighted by Gasteiger charge is -2.06. The number of hydrogen-bond acceptors (Lipinski definition) is 1. The van der Waals surface area contributed by atoms with Crippen molar-refractivity contribution in [3.05, 3.63) is 77.6 Å². The molecule has 0 spiro atoms. The molecule has 1 aromatic heterocycles. The van der Waals surface area contributed by atoms with E-state index in [9.17, 15) is 0 Å². The van der Waals surface area contributed by atoms with E-state index in [1.54, 1.807) is 0 Å². The summed E-state index contributed by atoms with van der Waals surface area (Å²) < 4.78 is 0. The Labute approximate surface area is 144 Å². The van der Waals surface area contributed by atoms with E-state index < -0.39 is 0 Å². The molecular weight excluding hydrogens is 290 g/mol. The summed E-state index contributed by atoms with van der Waals surface area (Å²) in [6, 6.07) is 19.0. The van der Waals surface area contributed by atoms with Crippen LogP contribution in [-0.2, 0) is 6.42 Å². The van der Waals surface area contributed by atoms with Gasteiger partial charge in [-0.05, 0) is 41.5 Å². The maximum atomic E-state index is 4.57. The highest BCUT2D eigenvalue weighted by molar-refractivity contribution is 5.84. The van der Waals surface area contributed by atoms with Gasteiger partial charge in [0.15, 0.2) is 0 Å². The lowest BCUT2D eigenvalue weighted by molar-refractivity contribution is 0.600. The van der Waals surface area contributed by atoms with Gasteiger partial charge in [0, 0.05) is 30.0 Å². The highest BCUT2D eigenvalue weighted by Crippen LogP contribution is 2.19. The fraction of sp³-hybridized carbons (Fsp3) is 0.261. The van der Waals surface area contributed by atoms with Crippen molar-refractivity contribution in [3.63, 3.8) is 0 Å². The topological polar surface area (TPSA) is 12.9 Å². The van der Waals surface area contributed by atoms with E-state index in [-0.39, 0.29) is 0 Å². The molecular formula is C23H23N. The van der Waals surface area contributed by atoms with Crippen LogP contribution in [0.2, 0.25) is 0 Å². The fourth-order valence-electron chi connectivity index (χ4n) is 2.75. The van der Waals surface area contributed by atoms with Crippen LogP contribution in [0.3, 0.4) is 0 Å². The summed E-state index contributed by atoms with van der Waals surface area (Å²) in [5.74, 6) is 7.24. The molecule has 120 valence electrons. The second kappa shape index (κ2) is 7.79. The monoisotopic (exact) mass is 313 g/mol. The molecule has 0 atom stereocenters. The third-order valence-corrected chi connectivity index (χ3v) is 4.16. The van der Waals surface area contributed by atoms with Gasteiger partial charge in [-0.25, -0.2) is 0 Å². The number of fused-ring (bicyclic) bond motifs is 1. The van der Waals surface area contributed by atoms with Crippen LogP contribution in [0.15, 0.2) is 60.8 Å². The van der Waals surface area contributed by atoms with Crippen LogP contribution in [-0.4, -0.2) is 4.98 Å². The summed E-state index contributed by atoms with van der Waals surface area (Å²) in [5, 5.41) is 2.48. The molecule has 1 heterocycles. The van der Waals surface area contributed by atoms with Gasteiger partial charge in [-0.1, -0.05) is 62.1 Å². The predicted molar refractivity (Wildman–Crippen MR) is 102 cm³/mol. The van der Waals surface area contributed by atoms with Crippen molar-refractivity contribution in [1.29, 1.82) is 0 Å². The SMILES string of the molecule is CC(C)CCC#Cc1ccc(Cc2nccc3ccccc23)cc1. The van der Waals surface area contributed by atoms with Gasteiger partial charge >= 0.3 is 0 Å². The quantitative estimate of drug-likeness (QED) is 0.570. The summed E-state index contributed by atoms with van der Waals surface area (Å²) in [7, 11) is 0. The average Bonchev–Trinajstić information content (AvgIpc) is 2.60. The molecule has 0 unspecified atom stereocenters. The molecule has 0 amide bonds. The molecule has 3 rings (SSSR count). The molecule has 0 saturated carbocycles. The summed E-state index contributed by atoms with van der Waals surface area (Å²) in [4.78, 5) is 4.57. The second-order valence-electron chi connectivity index (χ2n) is 6.59.